The van der Waals surface area contributed by atoms with Crippen LogP contribution in [0, 0.1) is 5.92 Å². The normalized spacial score (nSPS) is 12.6. The van der Waals surface area contributed by atoms with E-state index >= 15 is 0 Å². The molecule has 0 saturated carbocycles. The topological polar surface area (TPSA) is 30.5 Å². The van der Waals surface area contributed by atoms with Gasteiger partial charge in [-0.3, -0.25) is 0 Å². The Morgan fingerprint density at radius 3 is 2.26 bits per heavy atom. The van der Waals surface area contributed by atoms with Crippen LogP contribution in [-0.4, -0.2) is 26.3 Å². The Bertz CT molecular complexity index is 411. The Morgan fingerprint density at radius 2 is 1.68 bits per heavy atom. The Balaban J connectivity index is 2.55. The van der Waals surface area contributed by atoms with Gasteiger partial charge in [0, 0.05) is 18.5 Å². The van der Waals surface area contributed by atoms with Crippen molar-refractivity contribution in [3.8, 4) is 11.5 Å². The van der Waals surface area contributed by atoms with Gasteiger partial charge in [-0.1, -0.05) is 20.8 Å². The number of benzene rings is 1. The van der Waals surface area contributed by atoms with Gasteiger partial charge in [-0.15, -0.1) is 0 Å². The first-order valence-corrected chi connectivity index (χ1v) is 7.91. The lowest BCUT2D eigenvalue weighted by Crippen LogP contribution is -2.30. The lowest BCUT2D eigenvalue weighted by molar-refractivity contribution is 0.251. The van der Waals surface area contributed by atoms with Gasteiger partial charge in [-0.05, 0) is 44.0 Å². The lowest BCUT2D eigenvalue weighted by Gasteiger charge is -2.17. The highest BCUT2D eigenvalue weighted by molar-refractivity contribution is 9.11. The molecule has 3 nitrogen and oxygen atoms in total. The fourth-order valence-electron chi connectivity index (χ4n) is 1.51. The molecule has 1 atom stereocenters. The number of ether oxygens (including phenoxy) is 2. The third kappa shape index (κ3) is 5.71. The van der Waals surface area contributed by atoms with Gasteiger partial charge >= 0.3 is 0 Å². The van der Waals surface area contributed by atoms with Crippen molar-refractivity contribution < 1.29 is 9.47 Å². The smallest absolute Gasteiger partial charge is 0.134 e. The van der Waals surface area contributed by atoms with Crippen LogP contribution in [0.15, 0.2) is 21.1 Å². The monoisotopic (exact) mass is 393 g/mol. The zero-order valence-electron chi connectivity index (χ0n) is 11.8. The molecule has 1 unspecified atom stereocenters. The molecule has 1 rings (SSSR count). The summed E-state index contributed by atoms with van der Waals surface area (Å²) in [6, 6.07) is 4.33. The minimum absolute atomic E-state index is 0.454. The summed E-state index contributed by atoms with van der Waals surface area (Å²) in [7, 11) is 1.65. The summed E-state index contributed by atoms with van der Waals surface area (Å²) in [6.45, 7) is 8.08. The molecule has 1 aromatic carbocycles. The van der Waals surface area contributed by atoms with Crippen molar-refractivity contribution in [1.82, 2.24) is 5.32 Å². The summed E-state index contributed by atoms with van der Waals surface area (Å²) >= 11 is 6.95. The molecular weight excluding hydrogens is 374 g/mol. The van der Waals surface area contributed by atoms with Crippen LogP contribution in [0.2, 0.25) is 0 Å². The minimum Gasteiger partial charge on any atom is -0.496 e. The Morgan fingerprint density at radius 1 is 1.11 bits per heavy atom. The Hall–Kier alpha value is -0.260. The van der Waals surface area contributed by atoms with Gasteiger partial charge in [0.15, 0.2) is 0 Å². The first kappa shape index (κ1) is 16.8. The summed E-state index contributed by atoms with van der Waals surface area (Å²) in [6.07, 6.45) is 0. The van der Waals surface area contributed by atoms with Crippen molar-refractivity contribution in [2.75, 3.05) is 20.3 Å². The summed E-state index contributed by atoms with van der Waals surface area (Å²) in [5, 5.41) is 3.40. The predicted molar refractivity (Wildman–Crippen MR) is 86.2 cm³/mol. The van der Waals surface area contributed by atoms with Crippen LogP contribution >= 0.6 is 31.9 Å². The third-order valence-electron chi connectivity index (χ3n) is 2.60. The summed E-state index contributed by atoms with van der Waals surface area (Å²) in [4.78, 5) is 0. The van der Waals surface area contributed by atoms with E-state index in [0.717, 1.165) is 27.0 Å². The molecule has 0 bridgehead atoms. The molecule has 0 fully saturated rings. The van der Waals surface area contributed by atoms with Crippen LogP contribution in [0.25, 0.3) is 0 Å². The standard InChI is InChI=1S/C14H21Br2NO2/c1-9(2)17-7-10(3)8-19-14-6-11(15)13(18-4)5-12(14)16/h5-6,9-10,17H,7-8H2,1-4H3. The second-order valence-corrected chi connectivity index (χ2v) is 6.60. The molecule has 1 N–H and O–H groups in total. The van der Waals surface area contributed by atoms with Crippen LogP contribution < -0.4 is 14.8 Å². The molecule has 0 amide bonds. The Kier molecular flexibility index (Phi) is 7.18. The maximum atomic E-state index is 5.84. The molecular formula is C14H21Br2NO2. The van der Waals surface area contributed by atoms with E-state index in [-0.39, 0.29) is 0 Å². The van der Waals surface area contributed by atoms with Crippen LogP contribution in [-0.2, 0) is 0 Å². The van der Waals surface area contributed by atoms with Gasteiger partial charge in [0.05, 0.1) is 22.7 Å². The summed E-state index contributed by atoms with van der Waals surface area (Å²) in [5.41, 5.74) is 0. The highest BCUT2D eigenvalue weighted by atomic mass is 79.9. The number of rotatable bonds is 7. The van der Waals surface area contributed by atoms with E-state index in [9.17, 15) is 0 Å². The molecule has 0 aliphatic heterocycles. The van der Waals surface area contributed by atoms with Gasteiger partial charge in [0.25, 0.3) is 0 Å². The predicted octanol–water partition coefficient (Wildman–Crippen LogP) is 4.23. The van der Waals surface area contributed by atoms with Crippen molar-refractivity contribution in [3.63, 3.8) is 0 Å². The van der Waals surface area contributed by atoms with Gasteiger partial charge < -0.3 is 14.8 Å². The molecule has 108 valence electrons. The molecule has 1 aromatic rings. The van der Waals surface area contributed by atoms with Crippen LogP contribution in [0.1, 0.15) is 20.8 Å². The molecule has 0 radical (unpaired) electrons. The number of nitrogens with one attached hydrogen (secondary N) is 1. The number of methoxy groups -OCH3 is 1. The molecule has 0 aliphatic rings. The average molecular weight is 395 g/mol. The quantitative estimate of drug-likeness (QED) is 0.750. The molecule has 19 heavy (non-hydrogen) atoms. The SMILES string of the molecule is COc1cc(Br)c(OCC(C)CNC(C)C)cc1Br. The average Bonchev–Trinajstić information content (AvgIpc) is 2.36. The first-order valence-electron chi connectivity index (χ1n) is 6.33. The fraction of sp³-hybridized carbons (Fsp3) is 0.571. The van der Waals surface area contributed by atoms with E-state index in [1.807, 2.05) is 12.1 Å². The van der Waals surface area contributed by atoms with Crippen molar-refractivity contribution in [2.45, 2.75) is 26.8 Å². The van der Waals surface area contributed by atoms with Crippen molar-refractivity contribution in [1.29, 1.82) is 0 Å². The number of hydrogen-bond donors (Lipinski definition) is 1. The second-order valence-electron chi connectivity index (χ2n) is 4.90. The minimum atomic E-state index is 0.454. The summed E-state index contributed by atoms with van der Waals surface area (Å²) in [5.74, 6) is 2.06. The van der Waals surface area contributed by atoms with E-state index in [0.29, 0.717) is 18.6 Å². The van der Waals surface area contributed by atoms with E-state index in [4.69, 9.17) is 9.47 Å². The maximum absolute atomic E-state index is 5.84. The van der Waals surface area contributed by atoms with Crippen LogP contribution in [0.3, 0.4) is 0 Å². The molecule has 0 saturated heterocycles. The zero-order valence-corrected chi connectivity index (χ0v) is 15.0. The molecule has 5 heteroatoms. The maximum Gasteiger partial charge on any atom is 0.134 e. The lowest BCUT2D eigenvalue weighted by atomic mass is 10.2. The second kappa shape index (κ2) is 8.12. The highest BCUT2D eigenvalue weighted by Gasteiger charge is 2.10. The highest BCUT2D eigenvalue weighted by Crippen LogP contribution is 2.36. The van der Waals surface area contributed by atoms with Gasteiger partial charge in [0.1, 0.15) is 11.5 Å². The van der Waals surface area contributed by atoms with Crippen molar-refractivity contribution >= 4 is 31.9 Å². The zero-order chi connectivity index (χ0) is 14.4. The number of halogens is 2. The van der Waals surface area contributed by atoms with Crippen LogP contribution in [0.4, 0.5) is 0 Å². The number of hydrogen-bond acceptors (Lipinski definition) is 3. The van der Waals surface area contributed by atoms with Gasteiger partial charge in [-0.2, -0.15) is 0 Å². The van der Waals surface area contributed by atoms with Crippen LogP contribution in [0.5, 0.6) is 11.5 Å². The molecule has 0 heterocycles. The van der Waals surface area contributed by atoms with E-state index < -0.39 is 0 Å². The molecule has 0 aromatic heterocycles. The van der Waals surface area contributed by atoms with E-state index in [1.165, 1.54) is 0 Å². The van der Waals surface area contributed by atoms with Crippen molar-refractivity contribution in [2.24, 2.45) is 5.92 Å². The van der Waals surface area contributed by atoms with Gasteiger partial charge in [-0.25, -0.2) is 0 Å². The fourth-order valence-corrected chi connectivity index (χ4v) is 2.43. The van der Waals surface area contributed by atoms with Gasteiger partial charge in [0.2, 0.25) is 0 Å². The largest absolute Gasteiger partial charge is 0.496 e. The molecule has 0 spiro atoms. The first-order chi connectivity index (χ1) is 8.93. The molecule has 0 aliphatic carbocycles. The van der Waals surface area contributed by atoms with E-state index in [1.54, 1.807) is 7.11 Å². The van der Waals surface area contributed by atoms with E-state index in [2.05, 4.69) is 57.9 Å². The van der Waals surface area contributed by atoms with Crippen molar-refractivity contribution in [3.05, 3.63) is 21.1 Å². The summed E-state index contributed by atoms with van der Waals surface area (Å²) < 4.78 is 12.9. The third-order valence-corrected chi connectivity index (χ3v) is 3.84. The Labute approximate surface area is 132 Å².